The van der Waals surface area contributed by atoms with E-state index in [0.29, 0.717) is 55.4 Å². The Morgan fingerprint density at radius 1 is 1.09 bits per heavy atom. The molecule has 35 heavy (non-hydrogen) atoms. The van der Waals surface area contributed by atoms with Crippen LogP contribution in [0.4, 0.5) is 0 Å². The molecule has 2 fully saturated rings. The van der Waals surface area contributed by atoms with E-state index in [-0.39, 0.29) is 23.3 Å². The Morgan fingerprint density at radius 2 is 1.77 bits per heavy atom. The molecule has 2 aromatic rings. The molecule has 188 valence electrons. The van der Waals surface area contributed by atoms with E-state index in [9.17, 15) is 18.0 Å². The Hall–Kier alpha value is -2.50. The van der Waals surface area contributed by atoms with E-state index < -0.39 is 16.1 Å². The first-order chi connectivity index (χ1) is 16.8. The number of benzene rings is 2. The van der Waals surface area contributed by atoms with E-state index in [2.05, 4.69) is 10.7 Å². The van der Waals surface area contributed by atoms with Crippen molar-refractivity contribution >= 4 is 33.4 Å². The Morgan fingerprint density at radius 3 is 2.46 bits per heavy atom. The quantitative estimate of drug-likeness (QED) is 0.579. The van der Waals surface area contributed by atoms with Gasteiger partial charge in [0.25, 0.3) is 5.91 Å². The SMILES string of the molecule is O=C(NN1CCOCC1)c1ccc(CN(C2CCCCNC2=O)S(=O)(=O)c2ccc(Cl)cc2)cc1. The van der Waals surface area contributed by atoms with Crippen molar-refractivity contribution in [3.05, 3.63) is 64.7 Å². The van der Waals surface area contributed by atoms with Gasteiger partial charge in [-0.1, -0.05) is 23.7 Å². The molecule has 1 atom stereocenters. The average Bonchev–Trinajstić information content (AvgIpc) is 3.07. The fraction of sp³-hybridized carbons (Fsp3) is 0.417. The third kappa shape index (κ3) is 6.39. The zero-order valence-electron chi connectivity index (χ0n) is 19.3. The van der Waals surface area contributed by atoms with Gasteiger partial charge in [0, 0.05) is 36.8 Å². The minimum Gasteiger partial charge on any atom is -0.379 e. The van der Waals surface area contributed by atoms with Crippen LogP contribution < -0.4 is 10.7 Å². The molecule has 2 aliphatic rings. The second-order valence-corrected chi connectivity index (χ2v) is 10.9. The number of carbonyl (C=O) groups is 2. The highest BCUT2D eigenvalue weighted by molar-refractivity contribution is 7.89. The van der Waals surface area contributed by atoms with E-state index in [1.807, 2.05) is 5.01 Å². The summed E-state index contributed by atoms with van der Waals surface area (Å²) in [6.45, 7) is 2.87. The Kier molecular flexibility index (Phi) is 8.40. The lowest BCUT2D eigenvalue weighted by molar-refractivity contribution is -0.124. The number of hydrogen-bond acceptors (Lipinski definition) is 6. The van der Waals surface area contributed by atoms with E-state index in [1.54, 1.807) is 24.3 Å². The van der Waals surface area contributed by atoms with Gasteiger partial charge in [-0.15, -0.1) is 0 Å². The predicted molar refractivity (Wildman–Crippen MR) is 131 cm³/mol. The van der Waals surface area contributed by atoms with Crippen LogP contribution in [0.15, 0.2) is 53.4 Å². The lowest BCUT2D eigenvalue weighted by Crippen LogP contribution is -2.48. The maximum atomic E-state index is 13.6. The third-order valence-corrected chi connectivity index (χ3v) is 8.22. The zero-order chi connectivity index (χ0) is 24.8. The second-order valence-electron chi connectivity index (χ2n) is 8.54. The van der Waals surface area contributed by atoms with Gasteiger partial charge in [0.2, 0.25) is 15.9 Å². The first kappa shape index (κ1) is 25.6. The Labute approximate surface area is 210 Å². The molecule has 2 aliphatic heterocycles. The number of nitrogens with zero attached hydrogens (tertiary/aromatic N) is 2. The number of morpholine rings is 1. The van der Waals surface area contributed by atoms with E-state index in [1.165, 1.54) is 28.6 Å². The molecular weight excluding hydrogens is 492 g/mol. The Balaban J connectivity index is 1.56. The molecule has 0 aromatic heterocycles. The lowest BCUT2D eigenvalue weighted by Gasteiger charge is -2.29. The van der Waals surface area contributed by atoms with Crippen LogP contribution in [0.5, 0.6) is 0 Å². The summed E-state index contributed by atoms with van der Waals surface area (Å²) in [6, 6.07) is 11.8. The Bertz CT molecular complexity index is 1140. The lowest BCUT2D eigenvalue weighted by atomic mass is 10.1. The number of sulfonamides is 1. The van der Waals surface area contributed by atoms with Crippen molar-refractivity contribution in [2.45, 2.75) is 36.7 Å². The predicted octanol–water partition coefficient (Wildman–Crippen LogP) is 2.18. The molecule has 0 saturated carbocycles. The van der Waals surface area contributed by atoms with Gasteiger partial charge < -0.3 is 10.1 Å². The highest BCUT2D eigenvalue weighted by atomic mass is 35.5. The molecule has 4 rings (SSSR count). The third-order valence-electron chi connectivity index (χ3n) is 6.10. The highest BCUT2D eigenvalue weighted by Gasteiger charge is 2.36. The van der Waals surface area contributed by atoms with Crippen molar-refractivity contribution < 1.29 is 22.7 Å². The van der Waals surface area contributed by atoms with Gasteiger partial charge >= 0.3 is 0 Å². The van der Waals surface area contributed by atoms with Crippen molar-refractivity contribution in [2.24, 2.45) is 0 Å². The summed E-state index contributed by atoms with van der Waals surface area (Å²) in [5, 5.41) is 5.06. The van der Waals surface area contributed by atoms with Crippen LogP contribution in [-0.4, -0.2) is 68.4 Å². The fourth-order valence-corrected chi connectivity index (χ4v) is 5.86. The summed E-state index contributed by atoms with van der Waals surface area (Å²) in [4.78, 5) is 25.5. The normalized spacial score (nSPS) is 19.7. The first-order valence-corrected chi connectivity index (χ1v) is 13.4. The van der Waals surface area contributed by atoms with Gasteiger partial charge in [-0.25, -0.2) is 13.4 Å². The van der Waals surface area contributed by atoms with E-state index in [0.717, 1.165) is 12.8 Å². The molecule has 11 heteroatoms. The molecular formula is C24H29ClN4O5S. The number of hydrogen-bond donors (Lipinski definition) is 2. The van der Waals surface area contributed by atoms with E-state index in [4.69, 9.17) is 16.3 Å². The zero-order valence-corrected chi connectivity index (χ0v) is 20.9. The molecule has 0 spiro atoms. The molecule has 2 saturated heterocycles. The topological polar surface area (TPSA) is 108 Å². The number of halogens is 1. The van der Waals surface area contributed by atoms with Crippen LogP contribution in [0, 0.1) is 0 Å². The molecule has 0 radical (unpaired) electrons. The van der Waals surface area contributed by atoms with Crippen LogP contribution in [0.2, 0.25) is 5.02 Å². The van der Waals surface area contributed by atoms with E-state index >= 15 is 0 Å². The van der Waals surface area contributed by atoms with Crippen LogP contribution in [0.3, 0.4) is 0 Å². The number of nitrogens with one attached hydrogen (secondary N) is 2. The summed E-state index contributed by atoms with van der Waals surface area (Å²) in [5.74, 6) is -0.547. The molecule has 2 heterocycles. The summed E-state index contributed by atoms with van der Waals surface area (Å²) in [5.41, 5.74) is 3.98. The van der Waals surface area contributed by atoms with Crippen LogP contribution in [-0.2, 0) is 26.1 Å². The maximum Gasteiger partial charge on any atom is 0.265 e. The van der Waals surface area contributed by atoms with Crippen LogP contribution in [0.1, 0.15) is 35.2 Å². The highest BCUT2D eigenvalue weighted by Crippen LogP contribution is 2.26. The van der Waals surface area contributed by atoms with Crippen molar-refractivity contribution in [1.82, 2.24) is 20.1 Å². The minimum atomic E-state index is -3.99. The monoisotopic (exact) mass is 520 g/mol. The van der Waals surface area contributed by atoms with Crippen molar-refractivity contribution in [3.63, 3.8) is 0 Å². The van der Waals surface area contributed by atoms with Gasteiger partial charge in [-0.2, -0.15) is 4.31 Å². The molecule has 2 amide bonds. The summed E-state index contributed by atoms with van der Waals surface area (Å²) in [6.07, 6.45) is 1.96. The first-order valence-electron chi connectivity index (χ1n) is 11.6. The van der Waals surface area contributed by atoms with Crippen molar-refractivity contribution in [3.8, 4) is 0 Å². The molecule has 0 bridgehead atoms. The second kappa shape index (κ2) is 11.5. The van der Waals surface area contributed by atoms with Gasteiger partial charge in [0.05, 0.1) is 18.1 Å². The molecule has 0 aliphatic carbocycles. The number of rotatable bonds is 7. The maximum absolute atomic E-state index is 13.6. The standard InChI is InChI=1S/C24H29ClN4O5S/c25-20-8-10-21(11-9-20)35(32,33)29(22-3-1-2-12-26-24(22)31)17-18-4-6-19(7-5-18)23(30)27-28-13-15-34-16-14-28/h4-11,22H,1-3,12-17H2,(H,26,31)(H,27,30). The van der Waals surface area contributed by atoms with Gasteiger partial charge in [0.15, 0.2) is 0 Å². The van der Waals surface area contributed by atoms with Gasteiger partial charge in [-0.3, -0.25) is 15.0 Å². The molecule has 9 nitrogen and oxygen atoms in total. The fourth-order valence-electron chi connectivity index (χ4n) is 4.13. The van der Waals surface area contributed by atoms with Gasteiger partial charge in [-0.05, 0) is 61.2 Å². The average molecular weight is 521 g/mol. The molecule has 2 aromatic carbocycles. The number of carbonyl (C=O) groups excluding carboxylic acids is 2. The molecule has 2 N–H and O–H groups in total. The number of ether oxygens (including phenoxy) is 1. The smallest absolute Gasteiger partial charge is 0.265 e. The summed E-state index contributed by atoms with van der Waals surface area (Å²) >= 11 is 5.95. The molecule has 1 unspecified atom stereocenters. The number of amides is 2. The van der Waals surface area contributed by atoms with Gasteiger partial charge in [0.1, 0.15) is 6.04 Å². The number of hydrazine groups is 1. The minimum absolute atomic E-state index is 0.00555. The van der Waals surface area contributed by atoms with Crippen molar-refractivity contribution in [1.29, 1.82) is 0 Å². The summed E-state index contributed by atoms with van der Waals surface area (Å²) < 4.78 is 33.8. The van der Waals surface area contributed by atoms with Crippen molar-refractivity contribution in [2.75, 3.05) is 32.8 Å². The van der Waals surface area contributed by atoms with Crippen LogP contribution >= 0.6 is 11.6 Å². The van der Waals surface area contributed by atoms with Crippen LogP contribution in [0.25, 0.3) is 0 Å². The largest absolute Gasteiger partial charge is 0.379 e. The summed E-state index contributed by atoms with van der Waals surface area (Å²) in [7, 11) is -3.99.